The molecule has 0 N–H and O–H groups in total. The Kier molecular flexibility index (Phi) is 3.31. The standard InChI is InChI=1S/C18H15FN2OS/c1-3-22-14-8-9-15-16(10-14)23-18-20-17(11(2)21(15)18)12-4-6-13(19)7-5-12/h4-10H,3H2,1-2H3. The first-order valence-electron chi connectivity index (χ1n) is 7.47. The topological polar surface area (TPSA) is 26.5 Å². The fourth-order valence-electron chi connectivity index (χ4n) is 2.83. The number of thiazole rings is 1. The number of aromatic nitrogens is 2. The van der Waals surface area contributed by atoms with E-state index in [9.17, 15) is 4.39 Å². The molecule has 0 aliphatic rings. The minimum absolute atomic E-state index is 0.235. The van der Waals surface area contributed by atoms with Gasteiger partial charge in [0.15, 0.2) is 4.96 Å². The van der Waals surface area contributed by atoms with Gasteiger partial charge >= 0.3 is 0 Å². The number of halogens is 1. The third-order valence-corrected chi connectivity index (χ3v) is 4.88. The number of ether oxygens (including phenoxy) is 1. The van der Waals surface area contributed by atoms with Gasteiger partial charge in [0.1, 0.15) is 11.6 Å². The molecule has 4 rings (SSSR count). The first-order chi connectivity index (χ1) is 11.2. The molecule has 0 aliphatic carbocycles. The second-order valence-electron chi connectivity index (χ2n) is 5.34. The van der Waals surface area contributed by atoms with E-state index in [-0.39, 0.29) is 5.82 Å². The monoisotopic (exact) mass is 326 g/mol. The van der Waals surface area contributed by atoms with Gasteiger partial charge in [0.25, 0.3) is 0 Å². The summed E-state index contributed by atoms with van der Waals surface area (Å²) in [6.45, 7) is 4.67. The Morgan fingerprint density at radius 3 is 2.70 bits per heavy atom. The zero-order chi connectivity index (χ0) is 16.0. The molecule has 0 bridgehead atoms. The molecule has 3 nitrogen and oxygen atoms in total. The molecule has 116 valence electrons. The minimum atomic E-state index is -0.235. The molecule has 0 radical (unpaired) electrons. The molecule has 0 spiro atoms. The molecule has 23 heavy (non-hydrogen) atoms. The largest absolute Gasteiger partial charge is 0.494 e. The first-order valence-corrected chi connectivity index (χ1v) is 8.29. The SMILES string of the molecule is CCOc1ccc2c(c1)sc1nc(-c3ccc(F)cc3)c(C)n12. The maximum atomic E-state index is 13.1. The molecule has 0 aliphatic heterocycles. The Hall–Kier alpha value is -2.40. The number of imidazole rings is 1. The van der Waals surface area contributed by atoms with Crippen LogP contribution in [0, 0.1) is 12.7 Å². The smallest absolute Gasteiger partial charge is 0.195 e. The fraction of sp³-hybridized carbons (Fsp3) is 0.167. The number of hydrogen-bond donors (Lipinski definition) is 0. The average Bonchev–Trinajstić information content (AvgIpc) is 3.05. The summed E-state index contributed by atoms with van der Waals surface area (Å²) in [5, 5.41) is 0. The van der Waals surface area contributed by atoms with Gasteiger partial charge in [-0.15, -0.1) is 0 Å². The maximum absolute atomic E-state index is 13.1. The van der Waals surface area contributed by atoms with Crippen molar-refractivity contribution in [3.63, 3.8) is 0 Å². The highest BCUT2D eigenvalue weighted by Gasteiger charge is 2.15. The van der Waals surface area contributed by atoms with Gasteiger partial charge in [-0.05, 0) is 56.3 Å². The van der Waals surface area contributed by atoms with E-state index in [1.807, 2.05) is 19.9 Å². The summed E-state index contributed by atoms with van der Waals surface area (Å²) in [6, 6.07) is 12.6. The van der Waals surface area contributed by atoms with Crippen molar-refractivity contribution in [3.8, 4) is 17.0 Å². The molecule has 5 heteroatoms. The van der Waals surface area contributed by atoms with Crippen LogP contribution < -0.4 is 4.74 Å². The Balaban J connectivity index is 1.90. The summed E-state index contributed by atoms with van der Waals surface area (Å²) >= 11 is 1.63. The average molecular weight is 326 g/mol. The molecule has 2 heterocycles. The highest BCUT2D eigenvalue weighted by atomic mass is 32.1. The summed E-state index contributed by atoms with van der Waals surface area (Å²) in [6.07, 6.45) is 0. The van der Waals surface area contributed by atoms with Crippen LogP contribution >= 0.6 is 11.3 Å². The van der Waals surface area contributed by atoms with E-state index < -0.39 is 0 Å². The summed E-state index contributed by atoms with van der Waals surface area (Å²) in [4.78, 5) is 5.68. The molecule has 4 aromatic rings. The van der Waals surface area contributed by atoms with Crippen LogP contribution in [0.3, 0.4) is 0 Å². The number of benzene rings is 2. The lowest BCUT2D eigenvalue weighted by Gasteiger charge is -2.03. The predicted molar refractivity (Wildman–Crippen MR) is 91.9 cm³/mol. The van der Waals surface area contributed by atoms with Gasteiger partial charge in [-0.3, -0.25) is 4.40 Å². The van der Waals surface area contributed by atoms with Gasteiger partial charge < -0.3 is 4.74 Å². The summed E-state index contributed by atoms with van der Waals surface area (Å²) in [5.41, 5.74) is 4.00. The second kappa shape index (κ2) is 5.35. The number of fused-ring (bicyclic) bond motifs is 3. The third-order valence-electron chi connectivity index (χ3n) is 3.88. The van der Waals surface area contributed by atoms with E-state index in [1.165, 1.54) is 12.1 Å². The van der Waals surface area contributed by atoms with Crippen LogP contribution in [0.1, 0.15) is 12.6 Å². The molecule has 0 saturated carbocycles. The van der Waals surface area contributed by atoms with E-state index >= 15 is 0 Å². The number of rotatable bonds is 3. The molecular formula is C18H15FN2OS. The number of nitrogens with zero attached hydrogens (tertiary/aromatic N) is 2. The van der Waals surface area contributed by atoms with Gasteiger partial charge in [-0.1, -0.05) is 11.3 Å². The van der Waals surface area contributed by atoms with Crippen LogP contribution in [0.15, 0.2) is 42.5 Å². The maximum Gasteiger partial charge on any atom is 0.195 e. The van der Waals surface area contributed by atoms with Crippen LogP contribution in [-0.4, -0.2) is 16.0 Å². The Labute approximate surface area is 137 Å². The van der Waals surface area contributed by atoms with Crippen LogP contribution in [-0.2, 0) is 0 Å². The highest BCUT2D eigenvalue weighted by Crippen LogP contribution is 2.34. The van der Waals surface area contributed by atoms with Crippen molar-refractivity contribution in [3.05, 3.63) is 54.0 Å². The molecule has 0 atom stereocenters. The Morgan fingerprint density at radius 1 is 1.17 bits per heavy atom. The molecule has 2 aromatic carbocycles. The lowest BCUT2D eigenvalue weighted by Crippen LogP contribution is -1.91. The molecule has 0 unspecified atom stereocenters. The minimum Gasteiger partial charge on any atom is -0.494 e. The van der Waals surface area contributed by atoms with Gasteiger partial charge in [-0.25, -0.2) is 9.37 Å². The van der Waals surface area contributed by atoms with Crippen LogP contribution in [0.2, 0.25) is 0 Å². The van der Waals surface area contributed by atoms with Crippen molar-refractivity contribution >= 4 is 26.5 Å². The first kappa shape index (κ1) is 14.2. The van der Waals surface area contributed by atoms with Gasteiger partial charge in [0.2, 0.25) is 0 Å². The fourth-order valence-corrected chi connectivity index (χ4v) is 3.92. The molecule has 0 saturated heterocycles. The van der Waals surface area contributed by atoms with Gasteiger partial charge in [0.05, 0.1) is 22.5 Å². The normalized spacial score (nSPS) is 11.4. The highest BCUT2D eigenvalue weighted by molar-refractivity contribution is 7.23. The van der Waals surface area contributed by atoms with Crippen molar-refractivity contribution < 1.29 is 9.13 Å². The second-order valence-corrected chi connectivity index (χ2v) is 6.34. The Bertz CT molecular complexity index is 1000. The van der Waals surface area contributed by atoms with Crippen molar-refractivity contribution in [2.24, 2.45) is 0 Å². The van der Waals surface area contributed by atoms with E-state index in [4.69, 9.17) is 9.72 Å². The van der Waals surface area contributed by atoms with Gasteiger partial charge in [0, 0.05) is 11.3 Å². The van der Waals surface area contributed by atoms with E-state index in [0.717, 1.165) is 37.9 Å². The van der Waals surface area contributed by atoms with Crippen LogP contribution in [0.25, 0.3) is 26.4 Å². The van der Waals surface area contributed by atoms with Crippen LogP contribution in [0.4, 0.5) is 4.39 Å². The van der Waals surface area contributed by atoms with Crippen LogP contribution in [0.5, 0.6) is 5.75 Å². The van der Waals surface area contributed by atoms with Crippen molar-refractivity contribution in [1.82, 2.24) is 9.38 Å². The number of hydrogen-bond acceptors (Lipinski definition) is 3. The summed E-state index contributed by atoms with van der Waals surface area (Å²) in [5.74, 6) is 0.641. The lowest BCUT2D eigenvalue weighted by atomic mass is 10.1. The lowest BCUT2D eigenvalue weighted by molar-refractivity contribution is 0.341. The number of aryl methyl sites for hydroxylation is 1. The molecule has 0 fully saturated rings. The predicted octanol–water partition coefficient (Wildman–Crippen LogP) is 5.06. The van der Waals surface area contributed by atoms with Crippen molar-refractivity contribution in [2.75, 3.05) is 6.61 Å². The molecule has 2 aromatic heterocycles. The quantitative estimate of drug-likeness (QED) is 0.526. The molecule has 0 amide bonds. The van der Waals surface area contributed by atoms with E-state index in [0.29, 0.717) is 6.61 Å². The summed E-state index contributed by atoms with van der Waals surface area (Å²) in [7, 11) is 0. The van der Waals surface area contributed by atoms with E-state index in [2.05, 4.69) is 16.5 Å². The summed E-state index contributed by atoms with van der Waals surface area (Å²) < 4.78 is 22.0. The van der Waals surface area contributed by atoms with Gasteiger partial charge in [-0.2, -0.15) is 0 Å². The zero-order valence-electron chi connectivity index (χ0n) is 12.8. The van der Waals surface area contributed by atoms with Crippen molar-refractivity contribution in [1.29, 1.82) is 0 Å². The van der Waals surface area contributed by atoms with E-state index in [1.54, 1.807) is 23.5 Å². The Morgan fingerprint density at radius 2 is 1.96 bits per heavy atom. The molecular weight excluding hydrogens is 311 g/mol. The third kappa shape index (κ3) is 2.28. The zero-order valence-corrected chi connectivity index (χ0v) is 13.7. The van der Waals surface area contributed by atoms with Crippen molar-refractivity contribution in [2.45, 2.75) is 13.8 Å².